The molecule has 0 aliphatic rings. The Balaban J connectivity index is 1.71. The maximum atomic E-state index is 12.4. The second-order valence-electron chi connectivity index (χ2n) is 7.26. The van der Waals surface area contributed by atoms with Gasteiger partial charge in [-0.2, -0.15) is 0 Å². The van der Waals surface area contributed by atoms with Crippen LogP contribution < -0.4 is 0 Å². The Morgan fingerprint density at radius 1 is 1.06 bits per heavy atom. The Kier molecular flexibility index (Phi) is 7.89. The number of phenols is 1. The van der Waals surface area contributed by atoms with E-state index in [0.29, 0.717) is 24.3 Å². The summed E-state index contributed by atoms with van der Waals surface area (Å²) in [6.45, 7) is 2.74. The highest BCUT2D eigenvalue weighted by atomic mass is 32.2. The SMILES string of the molecule is CCCCc1ncc(CCSC(=O)c2ccccc2O)n1Cc1ccc(C(=O)O)cc1. The fourth-order valence-corrected chi connectivity index (χ4v) is 4.11. The average molecular weight is 439 g/mol. The van der Waals surface area contributed by atoms with Crippen LogP contribution in [0.1, 0.15) is 57.6 Å². The zero-order valence-corrected chi connectivity index (χ0v) is 18.3. The van der Waals surface area contributed by atoms with Crippen molar-refractivity contribution in [3.63, 3.8) is 0 Å². The summed E-state index contributed by atoms with van der Waals surface area (Å²) < 4.78 is 2.16. The van der Waals surface area contributed by atoms with E-state index in [4.69, 9.17) is 5.11 Å². The van der Waals surface area contributed by atoms with Gasteiger partial charge in [0.2, 0.25) is 5.12 Å². The zero-order valence-electron chi connectivity index (χ0n) is 17.5. The molecule has 1 aromatic heterocycles. The summed E-state index contributed by atoms with van der Waals surface area (Å²) in [5.74, 6) is 0.627. The van der Waals surface area contributed by atoms with Crippen LogP contribution in [0.2, 0.25) is 0 Å². The standard InChI is InChI=1S/C24H26N2O4S/c1-2-3-8-22-25-15-19(13-14-31-24(30)20-6-4-5-7-21(20)27)26(22)16-17-9-11-18(12-10-17)23(28)29/h4-7,9-12,15,27H,2-3,8,13-14,16H2,1H3,(H,28,29). The molecule has 2 aromatic carbocycles. The smallest absolute Gasteiger partial charge is 0.335 e. The van der Waals surface area contributed by atoms with Crippen LogP contribution in [0.3, 0.4) is 0 Å². The Morgan fingerprint density at radius 2 is 1.81 bits per heavy atom. The third kappa shape index (κ3) is 5.98. The van der Waals surface area contributed by atoms with Crippen molar-refractivity contribution >= 4 is 22.8 Å². The van der Waals surface area contributed by atoms with Gasteiger partial charge in [-0.1, -0.05) is 49.4 Å². The number of carboxylic acids is 1. The Morgan fingerprint density at radius 3 is 2.48 bits per heavy atom. The first-order chi connectivity index (χ1) is 15.0. The molecule has 0 saturated heterocycles. The fraction of sp³-hybridized carbons (Fsp3) is 0.292. The van der Waals surface area contributed by atoms with Crippen molar-refractivity contribution in [2.75, 3.05) is 5.75 Å². The van der Waals surface area contributed by atoms with Crippen LogP contribution in [0.4, 0.5) is 0 Å². The highest BCUT2D eigenvalue weighted by molar-refractivity contribution is 8.14. The van der Waals surface area contributed by atoms with E-state index < -0.39 is 5.97 Å². The molecule has 1 heterocycles. The van der Waals surface area contributed by atoms with Crippen LogP contribution in [-0.4, -0.2) is 36.6 Å². The van der Waals surface area contributed by atoms with E-state index in [0.717, 1.165) is 36.3 Å². The van der Waals surface area contributed by atoms with Crippen LogP contribution in [0.15, 0.2) is 54.7 Å². The van der Waals surface area contributed by atoms with E-state index in [2.05, 4.69) is 16.5 Å². The minimum Gasteiger partial charge on any atom is -0.507 e. The number of aromatic nitrogens is 2. The Hall–Kier alpha value is -3.06. The number of rotatable bonds is 10. The Bertz CT molecular complexity index is 1040. The average Bonchev–Trinajstić information content (AvgIpc) is 3.14. The minimum atomic E-state index is -0.940. The molecule has 0 fully saturated rings. The van der Waals surface area contributed by atoms with Gasteiger partial charge in [-0.05, 0) is 42.7 Å². The highest BCUT2D eigenvalue weighted by Crippen LogP contribution is 2.23. The second-order valence-corrected chi connectivity index (χ2v) is 8.33. The number of hydrogen-bond acceptors (Lipinski definition) is 5. The predicted octanol–water partition coefficient (Wildman–Crippen LogP) is 4.79. The predicted molar refractivity (Wildman–Crippen MR) is 122 cm³/mol. The third-order valence-electron chi connectivity index (χ3n) is 5.03. The molecule has 0 unspecified atom stereocenters. The molecule has 0 amide bonds. The molecule has 6 nitrogen and oxygen atoms in total. The number of carbonyl (C=O) groups excluding carboxylic acids is 1. The van der Waals surface area contributed by atoms with Gasteiger partial charge in [0.15, 0.2) is 0 Å². The molecule has 0 bridgehead atoms. The molecule has 0 aliphatic carbocycles. The molecule has 0 radical (unpaired) electrons. The van der Waals surface area contributed by atoms with Crippen molar-refractivity contribution in [1.29, 1.82) is 0 Å². The van der Waals surface area contributed by atoms with Crippen molar-refractivity contribution in [2.24, 2.45) is 0 Å². The van der Waals surface area contributed by atoms with E-state index in [1.807, 2.05) is 18.3 Å². The fourth-order valence-electron chi connectivity index (χ4n) is 3.29. The molecule has 0 aliphatic heterocycles. The molecule has 0 saturated carbocycles. The molecule has 0 spiro atoms. The highest BCUT2D eigenvalue weighted by Gasteiger charge is 2.14. The molecule has 0 atom stereocenters. The number of aromatic hydroxyl groups is 1. The van der Waals surface area contributed by atoms with E-state index in [-0.39, 0.29) is 16.4 Å². The van der Waals surface area contributed by atoms with Gasteiger partial charge >= 0.3 is 5.97 Å². The molecule has 162 valence electrons. The van der Waals surface area contributed by atoms with Gasteiger partial charge in [0.05, 0.1) is 11.1 Å². The number of hydrogen-bond donors (Lipinski definition) is 2. The van der Waals surface area contributed by atoms with Crippen LogP contribution in [0.25, 0.3) is 0 Å². The first kappa shape index (κ1) is 22.6. The maximum Gasteiger partial charge on any atom is 0.335 e. The number of aromatic carboxylic acids is 1. The van der Waals surface area contributed by atoms with Gasteiger partial charge in [0.1, 0.15) is 11.6 Å². The van der Waals surface area contributed by atoms with Crippen molar-refractivity contribution in [3.05, 3.63) is 82.9 Å². The van der Waals surface area contributed by atoms with Gasteiger partial charge < -0.3 is 14.8 Å². The van der Waals surface area contributed by atoms with Crippen LogP contribution in [0.5, 0.6) is 5.75 Å². The lowest BCUT2D eigenvalue weighted by atomic mass is 10.1. The first-order valence-electron chi connectivity index (χ1n) is 10.3. The summed E-state index contributed by atoms with van der Waals surface area (Å²) in [5, 5.41) is 18.8. The van der Waals surface area contributed by atoms with Crippen LogP contribution in [0, 0.1) is 0 Å². The lowest BCUT2D eigenvalue weighted by Crippen LogP contribution is -2.10. The maximum absolute atomic E-state index is 12.4. The number of para-hydroxylation sites is 1. The monoisotopic (exact) mass is 438 g/mol. The molecular weight excluding hydrogens is 412 g/mol. The number of nitrogens with zero attached hydrogens (tertiary/aromatic N) is 2. The van der Waals surface area contributed by atoms with Crippen molar-refractivity contribution in [2.45, 2.75) is 39.2 Å². The number of thioether (sulfide) groups is 1. The van der Waals surface area contributed by atoms with Crippen LogP contribution in [-0.2, 0) is 19.4 Å². The molecular formula is C24H26N2O4S. The summed E-state index contributed by atoms with van der Waals surface area (Å²) in [6, 6.07) is 13.4. The molecule has 3 rings (SSSR count). The number of phenolic OH excluding ortho intramolecular Hbond substituents is 1. The van der Waals surface area contributed by atoms with Crippen LogP contribution >= 0.6 is 11.8 Å². The summed E-state index contributed by atoms with van der Waals surface area (Å²) >= 11 is 1.18. The lowest BCUT2D eigenvalue weighted by Gasteiger charge is -2.13. The first-order valence-corrected chi connectivity index (χ1v) is 11.3. The molecule has 2 N–H and O–H groups in total. The number of benzene rings is 2. The van der Waals surface area contributed by atoms with Crippen molar-refractivity contribution in [1.82, 2.24) is 9.55 Å². The molecule has 31 heavy (non-hydrogen) atoms. The summed E-state index contributed by atoms with van der Waals surface area (Å²) in [6.07, 6.45) is 5.50. The second kappa shape index (κ2) is 10.8. The molecule has 3 aromatic rings. The zero-order chi connectivity index (χ0) is 22.2. The third-order valence-corrected chi connectivity index (χ3v) is 5.92. The van der Waals surface area contributed by atoms with E-state index in [1.165, 1.54) is 17.8 Å². The van der Waals surface area contributed by atoms with Gasteiger partial charge in [0, 0.05) is 30.6 Å². The number of unbranched alkanes of at least 4 members (excludes halogenated alkanes) is 1. The number of carbonyl (C=O) groups is 2. The number of aryl methyl sites for hydroxylation is 2. The lowest BCUT2D eigenvalue weighted by molar-refractivity contribution is 0.0696. The number of carboxylic acid groups (broad SMARTS) is 1. The summed E-state index contributed by atoms with van der Waals surface area (Å²) in [4.78, 5) is 28.1. The van der Waals surface area contributed by atoms with Gasteiger partial charge in [-0.15, -0.1) is 0 Å². The van der Waals surface area contributed by atoms with E-state index in [1.54, 1.807) is 30.3 Å². The largest absolute Gasteiger partial charge is 0.507 e. The molecule has 7 heteroatoms. The number of imidazole rings is 1. The topological polar surface area (TPSA) is 92.4 Å². The Labute approximate surface area is 186 Å². The summed E-state index contributed by atoms with van der Waals surface area (Å²) in [5.41, 5.74) is 2.62. The van der Waals surface area contributed by atoms with E-state index >= 15 is 0 Å². The summed E-state index contributed by atoms with van der Waals surface area (Å²) in [7, 11) is 0. The normalized spacial score (nSPS) is 10.9. The van der Waals surface area contributed by atoms with Gasteiger partial charge in [0.25, 0.3) is 0 Å². The van der Waals surface area contributed by atoms with E-state index in [9.17, 15) is 14.7 Å². The van der Waals surface area contributed by atoms with Gasteiger partial charge in [-0.3, -0.25) is 4.79 Å². The van der Waals surface area contributed by atoms with Crippen molar-refractivity contribution < 1.29 is 19.8 Å². The quantitative estimate of drug-likeness (QED) is 0.473. The minimum absolute atomic E-state index is 0.00305. The van der Waals surface area contributed by atoms with Gasteiger partial charge in [-0.25, -0.2) is 9.78 Å². The van der Waals surface area contributed by atoms with Crippen molar-refractivity contribution in [3.8, 4) is 5.75 Å².